The van der Waals surface area contributed by atoms with Crippen molar-refractivity contribution in [3.63, 3.8) is 0 Å². The lowest BCUT2D eigenvalue weighted by molar-refractivity contribution is 0.0985. The summed E-state index contributed by atoms with van der Waals surface area (Å²) >= 11 is 6.62. The summed E-state index contributed by atoms with van der Waals surface area (Å²) in [7, 11) is 4.14. The molecule has 2 amide bonds. The number of para-hydroxylation sites is 1. The van der Waals surface area contributed by atoms with Gasteiger partial charge in [-0.25, -0.2) is 0 Å². The second kappa shape index (κ2) is 10.5. The van der Waals surface area contributed by atoms with Crippen molar-refractivity contribution in [3.8, 4) is 0 Å². The number of fused-ring (bicyclic) bond motifs is 1. The van der Waals surface area contributed by atoms with Crippen LogP contribution in [-0.2, 0) is 5.41 Å². The third-order valence-electron chi connectivity index (χ3n) is 6.75. The van der Waals surface area contributed by atoms with Crippen molar-refractivity contribution in [3.05, 3.63) is 94.0 Å². The van der Waals surface area contributed by atoms with Gasteiger partial charge in [0.25, 0.3) is 11.8 Å². The van der Waals surface area contributed by atoms with E-state index in [1.54, 1.807) is 18.2 Å². The third-order valence-corrected chi connectivity index (χ3v) is 7.06. The van der Waals surface area contributed by atoms with E-state index in [2.05, 4.69) is 51.1 Å². The maximum Gasteiger partial charge on any atom is 0.259 e. The Hall–Kier alpha value is -3.15. The van der Waals surface area contributed by atoms with Gasteiger partial charge in [-0.1, -0.05) is 68.8 Å². The number of benzene rings is 3. The number of rotatable bonds is 4. The lowest BCUT2D eigenvalue weighted by Gasteiger charge is -2.27. The van der Waals surface area contributed by atoms with Gasteiger partial charge in [0.05, 0.1) is 10.6 Å². The van der Waals surface area contributed by atoms with Crippen molar-refractivity contribution in [2.24, 2.45) is 0 Å². The predicted molar refractivity (Wildman–Crippen MR) is 148 cm³/mol. The molecule has 1 atom stereocenters. The van der Waals surface area contributed by atoms with E-state index in [4.69, 9.17) is 11.6 Å². The van der Waals surface area contributed by atoms with Crippen LogP contribution in [0.15, 0.2) is 66.7 Å². The Bertz CT molecular complexity index is 1280. The second-order valence-corrected chi connectivity index (χ2v) is 11.0. The summed E-state index contributed by atoms with van der Waals surface area (Å²) < 4.78 is 0. The third kappa shape index (κ3) is 5.32. The largest absolute Gasteiger partial charge is 0.322 e. The number of carbonyl (C=O) groups is 2. The molecule has 1 heterocycles. The molecule has 0 radical (unpaired) electrons. The SMILES string of the molecule is CN(C)C1CCCN(C(=O)c2ccc(NC(=O)c3ccccc3C(C)(C)C)cc2Cl)c2ccccc21. The van der Waals surface area contributed by atoms with Crippen LogP contribution in [0.1, 0.15) is 71.5 Å². The molecule has 1 unspecified atom stereocenters. The van der Waals surface area contributed by atoms with Crippen LogP contribution in [0.3, 0.4) is 0 Å². The number of nitrogens with one attached hydrogen (secondary N) is 1. The fourth-order valence-electron chi connectivity index (χ4n) is 4.93. The molecular formula is C30H34ClN3O2. The fraction of sp³-hybridized carbons (Fsp3) is 0.333. The van der Waals surface area contributed by atoms with Crippen molar-refractivity contribution in [1.82, 2.24) is 4.90 Å². The molecule has 0 aliphatic carbocycles. The lowest BCUT2D eigenvalue weighted by Crippen LogP contribution is -2.32. The predicted octanol–water partition coefficient (Wildman–Crippen LogP) is 6.93. The second-order valence-electron chi connectivity index (χ2n) is 10.6. The number of hydrogen-bond acceptors (Lipinski definition) is 3. The van der Waals surface area contributed by atoms with Gasteiger partial charge in [-0.2, -0.15) is 0 Å². The van der Waals surface area contributed by atoms with Crippen LogP contribution >= 0.6 is 11.6 Å². The minimum absolute atomic E-state index is 0.136. The van der Waals surface area contributed by atoms with Crippen molar-refractivity contribution in [2.45, 2.75) is 45.1 Å². The van der Waals surface area contributed by atoms with Crippen molar-refractivity contribution >= 4 is 34.8 Å². The number of amides is 2. The Kier molecular flexibility index (Phi) is 7.53. The summed E-state index contributed by atoms with van der Waals surface area (Å²) in [5.74, 6) is -0.338. The molecule has 3 aromatic rings. The van der Waals surface area contributed by atoms with Crippen LogP contribution in [-0.4, -0.2) is 37.4 Å². The Morgan fingerprint density at radius 2 is 1.67 bits per heavy atom. The highest BCUT2D eigenvalue weighted by atomic mass is 35.5. The zero-order valence-electron chi connectivity index (χ0n) is 21.6. The van der Waals surface area contributed by atoms with E-state index in [-0.39, 0.29) is 23.3 Å². The zero-order chi connectivity index (χ0) is 26.0. The standard InChI is InChI=1S/C30H34ClN3O2/c1-30(2,3)24-13-8-6-11-21(24)28(35)32-20-16-17-22(25(31)19-20)29(36)34-18-10-15-26(33(4)5)23-12-7-9-14-27(23)34/h6-9,11-14,16-17,19,26H,10,15,18H2,1-5H3,(H,32,35). The van der Waals surface area contributed by atoms with Crippen molar-refractivity contribution in [1.29, 1.82) is 0 Å². The van der Waals surface area contributed by atoms with Crippen LogP contribution in [0.25, 0.3) is 0 Å². The van der Waals surface area contributed by atoms with Gasteiger partial charge < -0.3 is 15.1 Å². The molecule has 6 heteroatoms. The highest BCUT2D eigenvalue weighted by Gasteiger charge is 2.29. The Balaban J connectivity index is 1.59. The number of anilines is 2. The van der Waals surface area contributed by atoms with Gasteiger partial charge in [-0.3, -0.25) is 9.59 Å². The lowest BCUT2D eigenvalue weighted by atomic mass is 9.83. The molecule has 0 aromatic heterocycles. The van der Waals surface area contributed by atoms with E-state index in [1.807, 2.05) is 47.4 Å². The normalized spacial score (nSPS) is 15.9. The molecule has 188 valence electrons. The van der Waals surface area contributed by atoms with E-state index in [0.29, 0.717) is 28.4 Å². The van der Waals surface area contributed by atoms with Gasteiger partial charge in [0.2, 0.25) is 0 Å². The van der Waals surface area contributed by atoms with E-state index in [0.717, 1.165) is 29.7 Å². The van der Waals surface area contributed by atoms with Gasteiger partial charge in [-0.05, 0) is 73.8 Å². The number of halogens is 1. The molecule has 36 heavy (non-hydrogen) atoms. The maximum atomic E-state index is 13.7. The molecule has 1 aliphatic heterocycles. The molecule has 0 saturated carbocycles. The topological polar surface area (TPSA) is 52.6 Å². The van der Waals surface area contributed by atoms with Crippen molar-refractivity contribution in [2.75, 3.05) is 30.9 Å². The Morgan fingerprint density at radius 1 is 0.972 bits per heavy atom. The first-order chi connectivity index (χ1) is 17.1. The monoisotopic (exact) mass is 503 g/mol. The first-order valence-corrected chi connectivity index (χ1v) is 12.7. The van der Waals surface area contributed by atoms with E-state index in [9.17, 15) is 9.59 Å². The molecule has 0 spiro atoms. The van der Waals surface area contributed by atoms with Crippen LogP contribution in [0, 0.1) is 0 Å². The summed E-state index contributed by atoms with van der Waals surface area (Å²) in [6.45, 7) is 6.87. The number of nitrogens with zero attached hydrogens (tertiary/aromatic N) is 2. The average Bonchev–Trinajstić information content (AvgIpc) is 3.03. The average molecular weight is 504 g/mol. The van der Waals surface area contributed by atoms with E-state index >= 15 is 0 Å². The summed E-state index contributed by atoms with van der Waals surface area (Å²) in [5, 5.41) is 3.26. The molecule has 1 aliphatic rings. The Morgan fingerprint density at radius 3 is 2.36 bits per heavy atom. The summed E-state index contributed by atoms with van der Waals surface area (Å²) in [6, 6.07) is 21.0. The number of hydrogen-bond donors (Lipinski definition) is 1. The molecule has 5 nitrogen and oxygen atoms in total. The highest BCUT2D eigenvalue weighted by molar-refractivity contribution is 6.35. The van der Waals surface area contributed by atoms with E-state index in [1.165, 1.54) is 0 Å². The van der Waals surface area contributed by atoms with Crippen LogP contribution < -0.4 is 10.2 Å². The van der Waals surface area contributed by atoms with Crippen LogP contribution in [0.4, 0.5) is 11.4 Å². The smallest absolute Gasteiger partial charge is 0.259 e. The van der Waals surface area contributed by atoms with Gasteiger partial charge in [0, 0.05) is 29.5 Å². The van der Waals surface area contributed by atoms with Gasteiger partial charge in [0.15, 0.2) is 0 Å². The molecule has 0 saturated heterocycles. The molecular weight excluding hydrogens is 470 g/mol. The molecule has 0 fully saturated rings. The highest BCUT2D eigenvalue weighted by Crippen LogP contribution is 2.37. The minimum atomic E-state index is -0.202. The first kappa shape index (κ1) is 25.9. The molecule has 0 bridgehead atoms. The van der Waals surface area contributed by atoms with Gasteiger partial charge in [-0.15, -0.1) is 0 Å². The van der Waals surface area contributed by atoms with Gasteiger partial charge >= 0.3 is 0 Å². The quantitative estimate of drug-likeness (QED) is 0.420. The molecule has 4 rings (SSSR count). The molecule has 1 N–H and O–H groups in total. The first-order valence-electron chi connectivity index (χ1n) is 12.4. The van der Waals surface area contributed by atoms with Crippen LogP contribution in [0.5, 0.6) is 0 Å². The van der Waals surface area contributed by atoms with Crippen LogP contribution in [0.2, 0.25) is 5.02 Å². The van der Waals surface area contributed by atoms with Crippen molar-refractivity contribution < 1.29 is 9.59 Å². The fourth-order valence-corrected chi connectivity index (χ4v) is 5.19. The van der Waals surface area contributed by atoms with Gasteiger partial charge in [0.1, 0.15) is 0 Å². The Labute approximate surface area is 219 Å². The van der Waals surface area contributed by atoms with E-state index < -0.39 is 0 Å². The summed E-state index contributed by atoms with van der Waals surface area (Å²) in [5.41, 5.74) is 4.46. The zero-order valence-corrected chi connectivity index (χ0v) is 22.4. The maximum absolute atomic E-state index is 13.7. The minimum Gasteiger partial charge on any atom is -0.322 e. The molecule has 3 aromatic carbocycles. The summed E-state index contributed by atoms with van der Waals surface area (Å²) in [6.07, 6.45) is 1.87. The summed E-state index contributed by atoms with van der Waals surface area (Å²) in [4.78, 5) is 30.8. The number of carbonyl (C=O) groups excluding carboxylic acids is 2.